The van der Waals surface area contributed by atoms with Crippen molar-refractivity contribution in [2.75, 3.05) is 14.1 Å². The van der Waals surface area contributed by atoms with Crippen LogP contribution in [0, 0.1) is 5.82 Å². The third-order valence-electron chi connectivity index (χ3n) is 3.76. The number of amides is 1. The second kappa shape index (κ2) is 6.31. The smallest absolute Gasteiger partial charge is 0.235 e. The van der Waals surface area contributed by atoms with Crippen molar-refractivity contribution in [1.29, 1.82) is 0 Å². The molecular weight excluding hydrogens is 315 g/mol. The Morgan fingerprint density at radius 3 is 2.65 bits per heavy atom. The molecule has 1 aromatic heterocycles. The minimum atomic E-state index is -0.309. The van der Waals surface area contributed by atoms with Crippen molar-refractivity contribution < 1.29 is 9.18 Å². The van der Waals surface area contributed by atoms with E-state index in [4.69, 9.17) is 0 Å². The van der Waals surface area contributed by atoms with E-state index >= 15 is 0 Å². The lowest BCUT2D eigenvalue weighted by molar-refractivity contribution is -0.127. The summed E-state index contributed by atoms with van der Waals surface area (Å²) in [5.74, 6) is 0.251. The summed E-state index contributed by atoms with van der Waals surface area (Å²) in [6.07, 6.45) is 2.06. The van der Waals surface area contributed by atoms with Crippen molar-refractivity contribution in [2.24, 2.45) is 0 Å². The van der Waals surface area contributed by atoms with Crippen LogP contribution in [0.4, 0.5) is 4.39 Å². The van der Waals surface area contributed by atoms with Gasteiger partial charge in [0, 0.05) is 20.1 Å². The van der Waals surface area contributed by atoms with E-state index in [-0.39, 0.29) is 17.0 Å². The maximum atomic E-state index is 14.1. The van der Waals surface area contributed by atoms with Gasteiger partial charge in [0.25, 0.3) is 0 Å². The predicted molar refractivity (Wildman–Crippen MR) is 87.7 cm³/mol. The van der Waals surface area contributed by atoms with Crippen LogP contribution in [0.25, 0.3) is 11.4 Å². The third kappa shape index (κ3) is 3.24. The van der Waals surface area contributed by atoms with Gasteiger partial charge in [-0.15, -0.1) is 10.2 Å². The first-order valence-corrected chi connectivity index (χ1v) is 8.44. The molecule has 5 nitrogen and oxygen atoms in total. The lowest BCUT2D eigenvalue weighted by Gasteiger charge is -2.16. The second-order valence-electron chi connectivity index (χ2n) is 5.88. The van der Waals surface area contributed by atoms with Crippen LogP contribution in [0.5, 0.6) is 0 Å². The van der Waals surface area contributed by atoms with Gasteiger partial charge in [-0.3, -0.25) is 9.36 Å². The van der Waals surface area contributed by atoms with E-state index in [1.165, 1.54) is 17.8 Å². The minimum Gasteiger partial charge on any atom is -0.348 e. The van der Waals surface area contributed by atoms with Crippen LogP contribution < -0.4 is 0 Å². The molecule has 1 aliphatic carbocycles. The Kier molecular flexibility index (Phi) is 4.39. The average Bonchev–Trinajstić information content (AvgIpc) is 3.28. The van der Waals surface area contributed by atoms with Gasteiger partial charge in [0.05, 0.1) is 10.8 Å². The van der Waals surface area contributed by atoms with Gasteiger partial charge in [-0.1, -0.05) is 23.9 Å². The number of nitrogens with zero attached hydrogens (tertiary/aromatic N) is 4. The van der Waals surface area contributed by atoms with Crippen LogP contribution in [0.3, 0.4) is 0 Å². The highest BCUT2D eigenvalue weighted by Gasteiger charge is 2.32. The predicted octanol–water partition coefficient (Wildman–Crippen LogP) is 2.99. The number of hydrogen-bond acceptors (Lipinski definition) is 4. The van der Waals surface area contributed by atoms with E-state index in [2.05, 4.69) is 10.2 Å². The highest BCUT2D eigenvalue weighted by Crippen LogP contribution is 2.42. The summed E-state index contributed by atoms with van der Waals surface area (Å²) in [6, 6.07) is 6.87. The first-order valence-electron chi connectivity index (χ1n) is 7.56. The molecule has 7 heteroatoms. The van der Waals surface area contributed by atoms with E-state index in [9.17, 15) is 9.18 Å². The zero-order valence-electron chi connectivity index (χ0n) is 13.4. The summed E-state index contributed by atoms with van der Waals surface area (Å²) in [6.45, 7) is 1.85. The van der Waals surface area contributed by atoms with Gasteiger partial charge in [-0.25, -0.2) is 4.39 Å². The SMILES string of the molecule is CC(Sc1nnc(-c2ccccc2F)n1C1CC1)C(=O)N(C)C. The van der Waals surface area contributed by atoms with E-state index < -0.39 is 0 Å². The molecule has 1 aliphatic rings. The monoisotopic (exact) mass is 334 g/mol. The summed E-state index contributed by atoms with van der Waals surface area (Å²) in [5.41, 5.74) is 0.449. The van der Waals surface area contributed by atoms with Crippen LogP contribution in [-0.4, -0.2) is 44.9 Å². The fourth-order valence-corrected chi connectivity index (χ4v) is 3.48. The summed E-state index contributed by atoms with van der Waals surface area (Å²) in [4.78, 5) is 13.6. The maximum absolute atomic E-state index is 14.1. The number of halogens is 1. The summed E-state index contributed by atoms with van der Waals surface area (Å²) < 4.78 is 16.1. The van der Waals surface area contributed by atoms with Gasteiger partial charge in [-0.2, -0.15) is 0 Å². The van der Waals surface area contributed by atoms with E-state index in [1.807, 2.05) is 11.5 Å². The summed E-state index contributed by atoms with van der Waals surface area (Å²) in [5, 5.41) is 8.82. The molecule has 1 heterocycles. The summed E-state index contributed by atoms with van der Waals surface area (Å²) >= 11 is 1.37. The molecule has 0 radical (unpaired) electrons. The van der Waals surface area contributed by atoms with Crippen LogP contribution >= 0.6 is 11.8 Å². The Morgan fingerprint density at radius 1 is 1.35 bits per heavy atom. The van der Waals surface area contributed by atoms with Crippen LogP contribution in [0.2, 0.25) is 0 Å². The van der Waals surface area contributed by atoms with Crippen molar-refractivity contribution in [3.63, 3.8) is 0 Å². The molecule has 0 N–H and O–H groups in total. The largest absolute Gasteiger partial charge is 0.348 e. The Balaban J connectivity index is 1.94. The molecule has 1 unspecified atom stereocenters. The van der Waals surface area contributed by atoms with Gasteiger partial charge in [0.15, 0.2) is 11.0 Å². The van der Waals surface area contributed by atoms with E-state index in [0.717, 1.165) is 12.8 Å². The molecule has 0 spiro atoms. The number of aromatic nitrogens is 3. The van der Waals surface area contributed by atoms with E-state index in [1.54, 1.807) is 37.2 Å². The molecular formula is C16H19FN4OS. The third-order valence-corrected chi connectivity index (χ3v) is 4.81. The normalized spacial score (nSPS) is 15.5. The van der Waals surface area contributed by atoms with E-state index in [0.29, 0.717) is 22.6 Å². The van der Waals surface area contributed by atoms with Crippen LogP contribution in [0.1, 0.15) is 25.8 Å². The number of carbonyl (C=O) groups is 1. The van der Waals surface area contributed by atoms with Gasteiger partial charge >= 0.3 is 0 Å². The minimum absolute atomic E-state index is 0.0211. The first kappa shape index (κ1) is 16.0. The lowest BCUT2D eigenvalue weighted by Crippen LogP contribution is -2.29. The number of thioether (sulfide) groups is 1. The van der Waals surface area contributed by atoms with Gasteiger partial charge in [0.1, 0.15) is 5.82 Å². The quantitative estimate of drug-likeness (QED) is 0.789. The highest BCUT2D eigenvalue weighted by atomic mass is 32.2. The summed E-state index contributed by atoms with van der Waals surface area (Å²) in [7, 11) is 3.46. The fourth-order valence-electron chi connectivity index (χ4n) is 2.42. The Bertz CT molecular complexity index is 727. The Labute approximate surface area is 138 Å². The van der Waals surface area contributed by atoms with Gasteiger partial charge in [-0.05, 0) is 31.9 Å². The Morgan fingerprint density at radius 2 is 2.04 bits per heavy atom. The van der Waals surface area contributed by atoms with Crippen molar-refractivity contribution in [1.82, 2.24) is 19.7 Å². The van der Waals surface area contributed by atoms with Gasteiger partial charge < -0.3 is 4.90 Å². The number of carbonyl (C=O) groups excluding carboxylic acids is 1. The number of hydrogen-bond donors (Lipinski definition) is 0. The zero-order valence-corrected chi connectivity index (χ0v) is 14.2. The molecule has 3 rings (SSSR count). The van der Waals surface area contributed by atoms with Crippen LogP contribution in [0.15, 0.2) is 29.4 Å². The molecule has 23 heavy (non-hydrogen) atoms. The molecule has 122 valence electrons. The average molecular weight is 334 g/mol. The van der Waals surface area contributed by atoms with Crippen molar-refractivity contribution in [2.45, 2.75) is 36.2 Å². The molecule has 1 saturated carbocycles. The standard InChI is InChI=1S/C16H19FN4OS/c1-10(15(22)20(2)3)23-16-19-18-14(21(16)11-8-9-11)12-6-4-5-7-13(12)17/h4-7,10-11H,8-9H2,1-3H3. The maximum Gasteiger partial charge on any atom is 0.235 e. The topological polar surface area (TPSA) is 51.0 Å². The lowest BCUT2D eigenvalue weighted by atomic mass is 10.2. The molecule has 1 atom stereocenters. The molecule has 1 amide bonds. The number of benzene rings is 1. The second-order valence-corrected chi connectivity index (χ2v) is 7.19. The van der Waals surface area contributed by atoms with Crippen molar-refractivity contribution in [3.8, 4) is 11.4 Å². The molecule has 2 aromatic rings. The first-order chi connectivity index (χ1) is 11.0. The molecule has 1 fully saturated rings. The molecule has 0 bridgehead atoms. The molecule has 0 saturated heterocycles. The van der Waals surface area contributed by atoms with Crippen LogP contribution in [-0.2, 0) is 4.79 Å². The fraction of sp³-hybridized carbons (Fsp3) is 0.438. The van der Waals surface area contributed by atoms with Crippen molar-refractivity contribution >= 4 is 17.7 Å². The van der Waals surface area contributed by atoms with Crippen molar-refractivity contribution in [3.05, 3.63) is 30.1 Å². The highest BCUT2D eigenvalue weighted by molar-refractivity contribution is 8.00. The molecule has 1 aromatic carbocycles. The van der Waals surface area contributed by atoms with Gasteiger partial charge in [0.2, 0.25) is 5.91 Å². The molecule has 0 aliphatic heterocycles. The Hall–Kier alpha value is -1.89. The number of rotatable bonds is 5. The zero-order chi connectivity index (χ0) is 16.6.